The van der Waals surface area contributed by atoms with Crippen LogP contribution >= 0.6 is 9.90 Å². The van der Waals surface area contributed by atoms with E-state index in [1.807, 2.05) is 0 Å². The normalized spacial score (nSPS) is 0. The molecule has 0 saturated carbocycles. The summed E-state index contributed by atoms with van der Waals surface area (Å²) in [5.41, 5.74) is 0. The third-order valence-electron chi connectivity index (χ3n) is 0. The van der Waals surface area contributed by atoms with Crippen LogP contribution in [0.5, 0.6) is 0 Å². The first kappa shape index (κ1) is 33.3. The molecule has 4 heavy (non-hydrogen) atoms. The Kier molecular flexibility index (Phi) is 154. The first-order valence-corrected chi connectivity index (χ1v) is 0. The molecule has 0 aliphatic rings. The molecule has 0 fully saturated rings. The van der Waals surface area contributed by atoms with Crippen LogP contribution in [0.25, 0.3) is 0 Å². The van der Waals surface area contributed by atoms with Crippen molar-refractivity contribution in [3.05, 3.63) is 0 Å². The van der Waals surface area contributed by atoms with Crippen molar-refractivity contribution in [2.75, 3.05) is 0 Å². The van der Waals surface area contributed by atoms with Crippen molar-refractivity contribution in [2.24, 2.45) is 0 Å². The predicted molar refractivity (Wildman–Crippen MR) is 32.6 cm³/mol. The molecule has 0 heterocycles. The van der Waals surface area contributed by atoms with Gasteiger partial charge in [0.2, 0.25) is 0 Å². The van der Waals surface area contributed by atoms with E-state index in [0.29, 0.717) is 0 Å². The molecule has 0 N–H and O–H groups in total. The van der Waals surface area contributed by atoms with E-state index in [1.165, 1.54) is 0 Å². The van der Waals surface area contributed by atoms with Crippen LogP contribution in [0.3, 0.4) is 0 Å². The van der Waals surface area contributed by atoms with Gasteiger partial charge in [0.25, 0.3) is 0 Å². The second-order valence-electron chi connectivity index (χ2n) is 0. The molecule has 0 aromatic rings. The van der Waals surface area contributed by atoms with Gasteiger partial charge < -0.3 is 9.90 Å². The third-order valence-corrected chi connectivity index (χ3v) is 0. The van der Waals surface area contributed by atoms with Crippen LogP contribution in [0.15, 0.2) is 0 Å². The van der Waals surface area contributed by atoms with E-state index < -0.39 is 0 Å². The zero-order chi connectivity index (χ0) is 0. The van der Waals surface area contributed by atoms with E-state index in [1.54, 1.807) is 0 Å². The standard InChI is InChI=1S/2Al.P.Sb.6H/q2*+3;2*-3;;;;;;. The van der Waals surface area contributed by atoms with Crippen LogP contribution in [-0.2, 0) is 0 Å². The molecule has 0 radical (unpaired) electrons. The fourth-order valence-electron chi connectivity index (χ4n) is 0. The maximum absolute atomic E-state index is 0. The molecule has 0 nitrogen and oxygen atoms in total. The van der Waals surface area contributed by atoms with Crippen LogP contribution in [0, 0.1) is 0 Å². The topological polar surface area (TPSA) is 0 Å². The van der Waals surface area contributed by atoms with Crippen LogP contribution in [0.1, 0.15) is 0 Å². The van der Waals surface area contributed by atoms with Gasteiger partial charge >= 0.3 is 59.2 Å². The fraction of sp³-hybridized carbons (Fsp3) is 0. The Bertz CT molecular complexity index is 6.00. The summed E-state index contributed by atoms with van der Waals surface area (Å²) in [5.74, 6) is 0. The van der Waals surface area contributed by atoms with E-state index in [0.717, 1.165) is 0 Å². The van der Waals surface area contributed by atoms with Crippen molar-refractivity contribution < 1.29 is 0 Å². The summed E-state index contributed by atoms with van der Waals surface area (Å²) < 4.78 is 0. The van der Waals surface area contributed by atoms with E-state index >= 15 is 0 Å². The van der Waals surface area contributed by atoms with Gasteiger partial charge in [-0.25, -0.2) is 0 Å². The van der Waals surface area contributed by atoms with Crippen LogP contribution in [0.2, 0.25) is 0 Å². The summed E-state index contributed by atoms with van der Waals surface area (Å²) in [5, 5.41) is 0. The van der Waals surface area contributed by atoms with E-state index in [-0.39, 0.29) is 69.0 Å². The third kappa shape index (κ3) is 8.85. The number of hydrogen-bond donors (Lipinski definition) is 0. The molecular formula is H6Al2PSb. The van der Waals surface area contributed by atoms with Gasteiger partial charge in [-0.2, -0.15) is 0 Å². The maximum atomic E-state index is 0. The van der Waals surface area contributed by atoms with Gasteiger partial charge in [0.1, 0.15) is 0 Å². The van der Waals surface area contributed by atoms with Gasteiger partial charge in [0.05, 0.1) is 0 Å². The fourth-order valence-corrected chi connectivity index (χ4v) is 0. The van der Waals surface area contributed by atoms with Gasteiger partial charge in [-0.1, -0.05) is 0 Å². The molecule has 0 unspecified atom stereocenters. The van der Waals surface area contributed by atoms with Gasteiger partial charge in [-0.3, -0.25) is 0 Å². The molecule has 0 rings (SSSR count). The van der Waals surface area contributed by atoms with Gasteiger partial charge in [-0.05, 0) is 0 Å². The SMILES string of the molecule is [Al+3].[Al+3].[P-3].[SbH6-3]. The Morgan fingerprint density at radius 3 is 0.750 bits per heavy atom. The van der Waals surface area contributed by atoms with Crippen molar-refractivity contribution in [3.63, 3.8) is 0 Å². The Hall–Kier alpha value is 2.31. The summed E-state index contributed by atoms with van der Waals surface area (Å²) in [4.78, 5) is 0. The molecule has 0 atom stereocenters. The predicted octanol–water partition coefficient (Wildman–Crippen LogP) is -1.89. The first-order chi connectivity index (χ1) is 0. The first-order valence-electron chi connectivity index (χ1n) is 0. The van der Waals surface area contributed by atoms with Crippen molar-refractivity contribution in [3.8, 4) is 0 Å². The monoisotopic (exact) mass is 212 g/mol. The summed E-state index contributed by atoms with van der Waals surface area (Å²) in [7, 11) is 0. The number of rotatable bonds is 0. The van der Waals surface area contributed by atoms with Gasteiger partial charge in [0.15, 0.2) is 0 Å². The zero-order valence-electron chi connectivity index (χ0n) is 1.60. The second-order valence-corrected chi connectivity index (χ2v) is 0. The van der Waals surface area contributed by atoms with E-state index in [9.17, 15) is 0 Å². The minimum absolute atomic E-state index is 0. The zero-order valence-corrected chi connectivity index (χ0v) is 4.81. The minimum atomic E-state index is 0. The van der Waals surface area contributed by atoms with E-state index in [4.69, 9.17) is 0 Å². The van der Waals surface area contributed by atoms with Gasteiger partial charge in [-0.15, -0.1) is 0 Å². The molecule has 0 spiro atoms. The summed E-state index contributed by atoms with van der Waals surface area (Å²) in [6, 6.07) is 0. The Morgan fingerprint density at radius 2 is 0.750 bits per heavy atom. The molecule has 0 aliphatic heterocycles. The number of hydrogen-bond acceptors (Lipinski definition) is 0. The van der Waals surface area contributed by atoms with Crippen molar-refractivity contribution in [2.45, 2.75) is 0 Å². The Labute approximate surface area is 68.4 Å². The molecule has 22 valence electrons. The molecule has 0 bridgehead atoms. The molecule has 0 aliphatic carbocycles. The summed E-state index contributed by atoms with van der Waals surface area (Å²) in [6.07, 6.45) is 0. The van der Waals surface area contributed by atoms with Crippen LogP contribution in [-0.4, -0.2) is 59.2 Å². The quantitative estimate of drug-likeness (QED) is 0.326. The van der Waals surface area contributed by atoms with E-state index in [2.05, 4.69) is 0 Å². The molecular weight excluding hydrogens is 207 g/mol. The summed E-state index contributed by atoms with van der Waals surface area (Å²) in [6.45, 7) is 0. The van der Waals surface area contributed by atoms with Crippen molar-refractivity contribution in [1.82, 2.24) is 0 Å². The molecule has 4 heteroatoms. The second kappa shape index (κ2) is 18.5. The van der Waals surface area contributed by atoms with Crippen molar-refractivity contribution in [1.29, 1.82) is 0 Å². The Balaban J connectivity index is 0. The molecule has 0 saturated heterocycles. The average molecular weight is 213 g/mol. The van der Waals surface area contributed by atoms with Crippen LogP contribution < -0.4 is 0 Å². The van der Waals surface area contributed by atoms with Crippen LogP contribution in [0.4, 0.5) is 0 Å². The van der Waals surface area contributed by atoms with Gasteiger partial charge in [0, 0.05) is 0 Å². The average Bonchev–Trinajstić information content (AvgIpc) is 0. The Morgan fingerprint density at radius 1 is 0.750 bits per heavy atom. The summed E-state index contributed by atoms with van der Waals surface area (Å²) >= 11 is 0. The molecule has 0 amide bonds. The molecule has 0 aromatic heterocycles. The molecule has 0 aromatic carbocycles. The van der Waals surface area contributed by atoms with Crippen molar-refractivity contribution >= 4 is 69.0 Å².